The highest BCUT2D eigenvalue weighted by Gasteiger charge is 2.28. The molecule has 5 heteroatoms. The first kappa shape index (κ1) is 13.3. The topological polar surface area (TPSA) is 40.5 Å². The van der Waals surface area contributed by atoms with Gasteiger partial charge in [0.1, 0.15) is 11.9 Å². The summed E-state index contributed by atoms with van der Waals surface area (Å²) >= 11 is 5.72. The molecule has 98 valence electrons. The number of halogens is 2. The molecule has 1 aliphatic rings. The minimum absolute atomic E-state index is 0.0800. The zero-order chi connectivity index (χ0) is 13.1. The smallest absolute Gasteiger partial charge is 0.320 e. The van der Waals surface area contributed by atoms with Crippen LogP contribution in [0, 0.1) is 5.82 Å². The number of aliphatic carboxylic acids is 1. The van der Waals surface area contributed by atoms with Gasteiger partial charge in [-0.2, -0.15) is 0 Å². The van der Waals surface area contributed by atoms with Gasteiger partial charge < -0.3 is 5.11 Å². The quantitative estimate of drug-likeness (QED) is 0.919. The lowest BCUT2D eigenvalue weighted by Crippen LogP contribution is -2.43. The average molecular weight is 272 g/mol. The van der Waals surface area contributed by atoms with E-state index in [0.717, 1.165) is 24.9 Å². The van der Waals surface area contributed by atoms with Crippen molar-refractivity contribution >= 4 is 17.6 Å². The van der Waals surface area contributed by atoms with E-state index < -0.39 is 17.8 Å². The van der Waals surface area contributed by atoms with Gasteiger partial charge in [0.25, 0.3) is 0 Å². The number of benzene rings is 1. The summed E-state index contributed by atoms with van der Waals surface area (Å²) in [6.45, 7) is 1.25. The van der Waals surface area contributed by atoms with Gasteiger partial charge in [-0.3, -0.25) is 9.69 Å². The Morgan fingerprint density at radius 1 is 1.50 bits per heavy atom. The van der Waals surface area contributed by atoms with Gasteiger partial charge >= 0.3 is 5.97 Å². The average Bonchev–Trinajstić information content (AvgIpc) is 2.34. The van der Waals surface area contributed by atoms with E-state index in [0.29, 0.717) is 13.0 Å². The molecular weight excluding hydrogens is 257 g/mol. The Labute approximate surface area is 110 Å². The molecule has 0 saturated carbocycles. The van der Waals surface area contributed by atoms with Gasteiger partial charge in [0.05, 0.1) is 5.02 Å². The predicted octanol–water partition coefficient (Wildman–Crippen LogP) is 2.92. The maximum atomic E-state index is 13.0. The van der Waals surface area contributed by atoms with Crippen LogP contribution in [0.1, 0.15) is 24.8 Å². The van der Waals surface area contributed by atoms with Crippen LogP contribution >= 0.6 is 11.6 Å². The van der Waals surface area contributed by atoms with E-state index in [1.807, 2.05) is 4.90 Å². The summed E-state index contributed by atoms with van der Waals surface area (Å²) in [6.07, 6.45) is 2.61. The number of carboxylic acid groups (broad SMARTS) is 1. The molecule has 18 heavy (non-hydrogen) atoms. The molecule has 3 nitrogen and oxygen atoms in total. The summed E-state index contributed by atoms with van der Waals surface area (Å²) in [5, 5.41) is 9.24. The largest absolute Gasteiger partial charge is 0.480 e. The van der Waals surface area contributed by atoms with Gasteiger partial charge in [0.2, 0.25) is 0 Å². The number of hydrogen-bond acceptors (Lipinski definition) is 2. The number of carbonyl (C=O) groups is 1. The van der Waals surface area contributed by atoms with Crippen molar-refractivity contribution in [2.45, 2.75) is 31.8 Å². The molecule has 0 amide bonds. The summed E-state index contributed by atoms with van der Waals surface area (Å²) in [4.78, 5) is 13.1. The lowest BCUT2D eigenvalue weighted by molar-refractivity contribution is -0.144. The summed E-state index contributed by atoms with van der Waals surface area (Å²) in [6, 6.07) is 4.08. The van der Waals surface area contributed by atoms with E-state index in [1.54, 1.807) is 12.1 Å². The van der Waals surface area contributed by atoms with Gasteiger partial charge in [-0.15, -0.1) is 0 Å². The molecule has 0 spiro atoms. The van der Waals surface area contributed by atoms with Crippen LogP contribution in [0.5, 0.6) is 0 Å². The Kier molecular flexibility index (Phi) is 4.19. The minimum Gasteiger partial charge on any atom is -0.480 e. The summed E-state index contributed by atoms with van der Waals surface area (Å²) in [7, 11) is 0. The number of rotatable bonds is 3. The highest BCUT2D eigenvalue weighted by Crippen LogP contribution is 2.22. The molecule has 1 saturated heterocycles. The Hall–Kier alpha value is -1.13. The van der Waals surface area contributed by atoms with Crippen molar-refractivity contribution in [3.8, 4) is 0 Å². The summed E-state index contributed by atoms with van der Waals surface area (Å²) < 4.78 is 13.0. The number of nitrogens with zero attached hydrogens (tertiary/aromatic N) is 1. The minimum atomic E-state index is -0.789. The molecule has 0 aliphatic carbocycles. The molecular formula is C13H15ClFNO2. The lowest BCUT2D eigenvalue weighted by Gasteiger charge is -2.32. The number of piperidine rings is 1. The number of carboxylic acids is 1. The lowest BCUT2D eigenvalue weighted by atomic mass is 10.0. The molecule has 1 N–H and O–H groups in total. The molecule has 0 radical (unpaired) electrons. The van der Waals surface area contributed by atoms with Crippen LogP contribution in [-0.4, -0.2) is 28.6 Å². The van der Waals surface area contributed by atoms with Gasteiger partial charge in [-0.1, -0.05) is 24.1 Å². The zero-order valence-electron chi connectivity index (χ0n) is 9.90. The molecule has 1 heterocycles. The maximum absolute atomic E-state index is 13.0. The van der Waals surface area contributed by atoms with E-state index in [4.69, 9.17) is 16.7 Å². The monoisotopic (exact) mass is 271 g/mol. The van der Waals surface area contributed by atoms with Crippen LogP contribution in [0.4, 0.5) is 4.39 Å². The first-order valence-electron chi connectivity index (χ1n) is 5.98. The van der Waals surface area contributed by atoms with Crippen LogP contribution in [0.2, 0.25) is 5.02 Å². The molecule has 1 aromatic carbocycles. The molecule has 1 aliphatic heterocycles. The summed E-state index contributed by atoms with van der Waals surface area (Å²) in [5.41, 5.74) is 0.842. The molecule has 1 atom stereocenters. The highest BCUT2D eigenvalue weighted by atomic mass is 35.5. The van der Waals surface area contributed by atoms with Crippen molar-refractivity contribution < 1.29 is 14.3 Å². The first-order valence-corrected chi connectivity index (χ1v) is 6.36. The van der Waals surface area contributed by atoms with E-state index in [-0.39, 0.29) is 5.02 Å². The number of hydrogen-bond donors (Lipinski definition) is 1. The van der Waals surface area contributed by atoms with Crippen molar-refractivity contribution in [2.75, 3.05) is 6.54 Å². The fourth-order valence-corrected chi connectivity index (χ4v) is 2.54. The second kappa shape index (κ2) is 5.67. The Balaban J connectivity index is 2.10. The van der Waals surface area contributed by atoms with Crippen molar-refractivity contribution in [3.05, 3.63) is 34.6 Å². The standard InChI is InChI=1S/C13H15ClFNO2/c14-10-7-9(4-5-11(10)15)8-16-6-2-1-3-12(16)13(17)18/h4-5,7,12H,1-3,6,8H2,(H,17,18). The third-order valence-corrected chi connectivity index (χ3v) is 3.56. The van der Waals surface area contributed by atoms with E-state index in [9.17, 15) is 9.18 Å². The molecule has 0 bridgehead atoms. The fourth-order valence-electron chi connectivity index (χ4n) is 2.33. The van der Waals surface area contributed by atoms with Crippen molar-refractivity contribution in [2.24, 2.45) is 0 Å². The van der Waals surface area contributed by atoms with Gasteiger partial charge in [0, 0.05) is 6.54 Å². The second-order valence-electron chi connectivity index (χ2n) is 4.57. The number of likely N-dealkylation sites (tertiary alicyclic amines) is 1. The van der Waals surface area contributed by atoms with Crippen molar-refractivity contribution in [1.29, 1.82) is 0 Å². The van der Waals surface area contributed by atoms with E-state index in [1.165, 1.54) is 6.07 Å². The fraction of sp³-hybridized carbons (Fsp3) is 0.462. The van der Waals surface area contributed by atoms with Crippen molar-refractivity contribution in [3.63, 3.8) is 0 Å². The second-order valence-corrected chi connectivity index (χ2v) is 4.98. The van der Waals surface area contributed by atoms with Crippen LogP contribution in [0.15, 0.2) is 18.2 Å². The van der Waals surface area contributed by atoms with Crippen molar-refractivity contribution in [1.82, 2.24) is 4.90 Å². The van der Waals surface area contributed by atoms with Crippen LogP contribution in [0.25, 0.3) is 0 Å². The SMILES string of the molecule is O=C(O)C1CCCCN1Cc1ccc(F)c(Cl)c1. The molecule has 1 unspecified atom stereocenters. The molecule has 2 rings (SSSR count). The van der Waals surface area contributed by atoms with Gasteiger partial charge in [-0.05, 0) is 37.1 Å². The Morgan fingerprint density at radius 3 is 2.94 bits per heavy atom. The third kappa shape index (κ3) is 3.00. The summed E-state index contributed by atoms with van der Waals surface area (Å²) in [5.74, 6) is -1.24. The first-order chi connectivity index (χ1) is 8.58. The maximum Gasteiger partial charge on any atom is 0.320 e. The Bertz CT molecular complexity index is 453. The van der Waals surface area contributed by atoms with Crippen LogP contribution in [0.3, 0.4) is 0 Å². The van der Waals surface area contributed by atoms with Crippen LogP contribution < -0.4 is 0 Å². The zero-order valence-corrected chi connectivity index (χ0v) is 10.7. The van der Waals surface area contributed by atoms with E-state index >= 15 is 0 Å². The van der Waals surface area contributed by atoms with Gasteiger partial charge in [-0.25, -0.2) is 4.39 Å². The van der Waals surface area contributed by atoms with E-state index in [2.05, 4.69) is 0 Å². The normalized spacial score (nSPS) is 20.9. The predicted molar refractivity (Wildman–Crippen MR) is 67.1 cm³/mol. The highest BCUT2D eigenvalue weighted by molar-refractivity contribution is 6.30. The Morgan fingerprint density at radius 2 is 2.28 bits per heavy atom. The third-order valence-electron chi connectivity index (χ3n) is 3.27. The van der Waals surface area contributed by atoms with Gasteiger partial charge in [0.15, 0.2) is 0 Å². The van der Waals surface area contributed by atoms with Crippen LogP contribution in [-0.2, 0) is 11.3 Å². The molecule has 1 fully saturated rings. The molecule has 0 aromatic heterocycles. The molecule has 1 aromatic rings.